The van der Waals surface area contributed by atoms with Crippen LogP contribution in [0, 0.1) is 0 Å². The Bertz CT molecular complexity index is 4050. The van der Waals surface area contributed by atoms with E-state index in [2.05, 4.69) is 200 Å². The summed E-state index contributed by atoms with van der Waals surface area (Å²) in [6, 6.07) is 0. The van der Waals surface area contributed by atoms with Crippen LogP contribution in [-0.4, -0.2) is 80.6 Å². The third-order valence-corrected chi connectivity index (χ3v) is 83.2. The molecule has 0 atom stereocenters. The van der Waals surface area contributed by atoms with Gasteiger partial charge in [0, 0.05) is 30.5 Å². The Labute approximate surface area is 867 Å². The van der Waals surface area contributed by atoms with Crippen molar-refractivity contribution < 1.29 is 0 Å². The van der Waals surface area contributed by atoms with Gasteiger partial charge in [0.05, 0.1) is 144 Å². The molecule has 14 aliphatic rings. The van der Waals surface area contributed by atoms with E-state index in [0.29, 0.717) is 0 Å². The highest BCUT2D eigenvalue weighted by atomic mass is 32.3. The summed E-state index contributed by atoms with van der Waals surface area (Å²) in [6.45, 7) is 18.1. The standard InChI is InChI=1S/C64H60S48/c1-23-24(2)86-51(85-23)55-95-33(67-11)39(101-55)73-17-81-47-48(82-18-74-40-34(68-12)96-56(102-40)52-87-25(3)26(4)88-52)110-63(109-47)60-99-37(71-15)43(105-60)77-21-79-45-46(108-62(107-45)59-93-31(65-9)32(66-10)94-59)80-22-78-44-38(72-16)100-61(106-44)64-111-49(83-19-75-41-35(69-13)97-57(103-41)53-89-27(5)28(6)90-53)50(112-64)84-20-76-42-36(70-14)98-58(104-42)54-91-29(7)30(8)92-54/h17-22H2,1-16H3. The third kappa shape index (κ3) is 26.1. The molecule has 48 heteroatoms. The molecule has 604 valence electrons. The zero-order chi connectivity index (χ0) is 78.4. The van der Waals surface area contributed by atoms with E-state index in [-0.39, 0.29) is 0 Å². The second-order valence-corrected chi connectivity index (χ2v) is 80.7. The normalized spacial score (nSPS) is 22.7. The van der Waals surface area contributed by atoms with Gasteiger partial charge in [-0.3, -0.25) is 0 Å². The highest BCUT2D eigenvalue weighted by Gasteiger charge is 2.39. The summed E-state index contributed by atoms with van der Waals surface area (Å²) >= 11 is 95.9. The van der Waals surface area contributed by atoms with Crippen LogP contribution in [0.3, 0.4) is 0 Å². The lowest BCUT2D eigenvalue weighted by Crippen LogP contribution is -1.77. The van der Waals surface area contributed by atoms with E-state index in [1.54, 1.807) is 0 Å². The minimum Gasteiger partial charge on any atom is -0.121 e. The molecule has 0 saturated heterocycles. The van der Waals surface area contributed by atoms with Crippen LogP contribution in [0.25, 0.3) is 0 Å². The topological polar surface area (TPSA) is 0 Å². The van der Waals surface area contributed by atoms with E-state index in [1.807, 2.05) is 470 Å². The molecule has 0 N–H and O–H groups in total. The van der Waals surface area contributed by atoms with Crippen molar-refractivity contribution in [2.24, 2.45) is 0 Å². The Morgan fingerprint density at radius 1 is 0.125 bits per heavy atom. The van der Waals surface area contributed by atoms with Gasteiger partial charge in [0.25, 0.3) is 0 Å². The van der Waals surface area contributed by atoms with Gasteiger partial charge < -0.3 is 0 Å². The summed E-state index contributed by atoms with van der Waals surface area (Å²) in [5, 5.41) is 5.94. The fourth-order valence-electron chi connectivity index (χ4n) is 8.54. The van der Waals surface area contributed by atoms with Crippen LogP contribution in [-0.2, 0) is 0 Å². The molecule has 14 rings (SSSR count). The van der Waals surface area contributed by atoms with Gasteiger partial charge in [-0.15, -0.1) is 235 Å². The Kier molecular flexibility index (Phi) is 43.6. The summed E-state index contributed by atoms with van der Waals surface area (Å²) in [5.41, 5.74) is 0. The average molecular weight is 2370 g/mol. The molecule has 14 aliphatic heterocycles. The summed E-state index contributed by atoms with van der Waals surface area (Å²) in [7, 11) is 0. The minimum absolute atomic E-state index is 0.976. The predicted octanol–water partition coefficient (Wildman–Crippen LogP) is 43.3. The molecule has 0 aromatic rings. The number of allylic oxidation sites excluding steroid dienone is 8. The van der Waals surface area contributed by atoms with E-state index in [1.165, 1.54) is 183 Å². The predicted molar refractivity (Wildman–Crippen MR) is 634 cm³/mol. The average Bonchev–Trinajstić information content (AvgIpc) is 2.12. The minimum atomic E-state index is 0.976. The maximum Gasteiger partial charge on any atom is 0.0717 e. The molecule has 0 aromatic carbocycles. The molecule has 0 saturated carbocycles. The lowest BCUT2D eigenvalue weighted by Gasteiger charge is -2.07. The van der Waals surface area contributed by atoms with Gasteiger partial charge >= 0.3 is 0 Å². The van der Waals surface area contributed by atoms with Gasteiger partial charge in [0.1, 0.15) is 0 Å². The largest absolute Gasteiger partial charge is 0.121 e. The summed E-state index contributed by atoms with van der Waals surface area (Å²) in [6.07, 6.45) is 18.0. The van der Waals surface area contributed by atoms with E-state index >= 15 is 0 Å². The first-order chi connectivity index (χ1) is 54.3. The van der Waals surface area contributed by atoms with Gasteiger partial charge in [-0.25, -0.2) is 0 Å². The number of hydrogen-bond donors (Lipinski definition) is 0. The fourth-order valence-corrected chi connectivity index (χ4v) is 79.0. The maximum absolute atomic E-state index is 2.28. The first kappa shape index (κ1) is 99.3. The van der Waals surface area contributed by atoms with Crippen molar-refractivity contribution in [1.29, 1.82) is 0 Å². The molecule has 0 aromatic heterocycles. The lowest BCUT2D eigenvalue weighted by molar-refractivity contribution is 1.57. The SMILES string of the molecule is CSC1=C(SC)SC(=C2SC(SCSC3=C(SC)SC(=C4SC(SCSC5=C(SC)SC(=C6SC(C)=C(C)S6)S5)=C(SCSC5=C(SC)SC(=C6SC(C)=C(C)S6)S5)S4)S3)=C(SCSC3=C(SC)SC(=C4SC(SCSC5=C(SC)SC(=C6SC(C)=C(C)S6)S5)=C(SCSC5=C(SC)SC(=C6SC(C)=C(C)S6)S5)S4)S3)S2)S1. The summed E-state index contributed by atoms with van der Waals surface area (Å²) in [5.74, 6) is 0. The quantitative estimate of drug-likeness (QED) is 0.0586. The van der Waals surface area contributed by atoms with E-state index in [9.17, 15) is 0 Å². The second kappa shape index (κ2) is 49.2. The van der Waals surface area contributed by atoms with Crippen molar-refractivity contribution >= 4 is 565 Å². The monoisotopic (exact) mass is 2360 g/mol. The molecule has 112 heavy (non-hydrogen) atoms. The van der Waals surface area contributed by atoms with Crippen molar-refractivity contribution in [3.8, 4) is 0 Å². The Morgan fingerprint density at radius 3 is 0.312 bits per heavy atom. The van der Waals surface area contributed by atoms with Gasteiger partial charge in [-0.05, 0) is 145 Å². The first-order valence-electron chi connectivity index (χ1n) is 31.5. The highest BCUT2D eigenvalue weighted by Crippen LogP contribution is 2.75. The zero-order valence-electron chi connectivity index (χ0n) is 60.8. The molecular formula is C64H60S48. The fraction of sp³-hybridized carbons (Fsp3) is 0.344. The van der Waals surface area contributed by atoms with E-state index in [4.69, 9.17) is 0 Å². The molecular weight excluding hydrogens is 2310 g/mol. The molecule has 14 heterocycles. The van der Waals surface area contributed by atoms with Gasteiger partial charge in [0.15, 0.2) is 0 Å². The first-order valence-corrected chi connectivity index (χ1v) is 76.0. The Hall–Kier alpha value is 11.3. The molecule has 0 spiro atoms. The molecule has 0 aliphatic carbocycles. The van der Waals surface area contributed by atoms with Crippen LogP contribution < -0.4 is 0 Å². The van der Waals surface area contributed by atoms with Gasteiger partial charge in [0.2, 0.25) is 0 Å². The van der Waals surface area contributed by atoms with Gasteiger partial charge in [-0.2, -0.15) is 0 Å². The maximum atomic E-state index is 2.28. The van der Waals surface area contributed by atoms with Crippen LogP contribution in [0.15, 0.2) is 183 Å². The van der Waals surface area contributed by atoms with E-state index < -0.39 is 0 Å². The van der Waals surface area contributed by atoms with Crippen LogP contribution in [0.1, 0.15) is 55.4 Å². The van der Waals surface area contributed by atoms with Crippen molar-refractivity contribution in [1.82, 2.24) is 0 Å². The number of rotatable bonds is 32. The molecule has 0 amide bonds. The van der Waals surface area contributed by atoms with E-state index in [0.717, 1.165) is 30.5 Å². The Balaban J connectivity index is 0.629. The van der Waals surface area contributed by atoms with Crippen LogP contribution in [0.2, 0.25) is 0 Å². The number of hydrogen-bond acceptors (Lipinski definition) is 48. The molecule has 0 radical (unpaired) electrons. The van der Waals surface area contributed by atoms with Crippen LogP contribution >= 0.6 is 565 Å². The smallest absolute Gasteiger partial charge is 0.0717 e. The molecule has 0 unspecified atom stereocenters. The van der Waals surface area contributed by atoms with Crippen molar-refractivity contribution in [2.45, 2.75) is 55.4 Å². The summed E-state index contributed by atoms with van der Waals surface area (Å²) in [4.78, 5) is 11.5. The third-order valence-electron chi connectivity index (χ3n) is 14.3. The second-order valence-electron chi connectivity index (χ2n) is 21.2. The van der Waals surface area contributed by atoms with Gasteiger partial charge in [-0.1, -0.05) is 329 Å². The lowest BCUT2D eigenvalue weighted by atomic mass is 10.6. The van der Waals surface area contributed by atoms with Crippen molar-refractivity contribution in [3.63, 3.8) is 0 Å². The van der Waals surface area contributed by atoms with Crippen LogP contribution in [0.5, 0.6) is 0 Å². The van der Waals surface area contributed by atoms with Crippen molar-refractivity contribution in [3.05, 3.63) is 183 Å². The molecule has 0 fully saturated rings. The van der Waals surface area contributed by atoms with Crippen molar-refractivity contribution in [2.75, 3.05) is 80.6 Å². The Morgan fingerprint density at radius 2 is 0.205 bits per heavy atom. The number of thioether (sulfide) groups is 48. The highest BCUT2D eigenvalue weighted by molar-refractivity contribution is 8.53. The van der Waals surface area contributed by atoms with Crippen LogP contribution in [0.4, 0.5) is 0 Å². The molecule has 0 bridgehead atoms. The summed E-state index contributed by atoms with van der Waals surface area (Å²) < 4.78 is 49.5. The molecule has 0 nitrogen and oxygen atoms in total. The zero-order valence-corrected chi connectivity index (χ0v) is 100.